The van der Waals surface area contributed by atoms with Crippen molar-refractivity contribution >= 4 is 17.3 Å². The van der Waals surface area contributed by atoms with Gasteiger partial charge in [0.1, 0.15) is 13.2 Å². The molecule has 0 atom stereocenters. The Morgan fingerprint density at radius 3 is 2.50 bits per heavy atom. The van der Waals surface area contributed by atoms with Gasteiger partial charge in [-0.15, -0.1) is 5.10 Å². The number of benzene rings is 2. The van der Waals surface area contributed by atoms with Crippen molar-refractivity contribution in [1.29, 1.82) is 0 Å². The third-order valence-corrected chi connectivity index (χ3v) is 5.60. The lowest BCUT2D eigenvalue weighted by molar-refractivity contribution is 0.171. The summed E-state index contributed by atoms with van der Waals surface area (Å²) in [6.07, 6.45) is 4.14. The molecule has 0 unspecified atom stereocenters. The molecule has 7 nitrogen and oxygen atoms in total. The van der Waals surface area contributed by atoms with Gasteiger partial charge in [0.25, 0.3) is 0 Å². The molecule has 0 spiro atoms. The molecule has 1 aliphatic carbocycles. The summed E-state index contributed by atoms with van der Waals surface area (Å²) in [6, 6.07) is 13.5. The molecule has 5 rings (SSSR count). The van der Waals surface area contributed by atoms with Crippen LogP contribution in [0, 0.1) is 0 Å². The van der Waals surface area contributed by atoms with Crippen molar-refractivity contribution in [1.82, 2.24) is 20.2 Å². The van der Waals surface area contributed by atoms with E-state index >= 15 is 0 Å². The van der Waals surface area contributed by atoms with Crippen LogP contribution in [0.1, 0.15) is 31.5 Å². The first-order chi connectivity index (χ1) is 13.7. The van der Waals surface area contributed by atoms with E-state index in [0.717, 1.165) is 54.4 Å². The SMILES string of the molecule is Clc1ccc(-n2nnnc2C2(Nc3ccc4c(c3)OCCO4)CCCC2)cc1. The number of hydrogen-bond donors (Lipinski definition) is 1. The van der Waals surface area contributed by atoms with Crippen molar-refractivity contribution in [3.63, 3.8) is 0 Å². The molecule has 2 aliphatic rings. The van der Waals surface area contributed by atoms with E-state index in [4.69, 9.17) is 21.1 Å². The molecule has 1 saturated carbocycles. The van der Waals surface area contributed by atoms with Crippen molar-refractivity contribution in [3.8, 4) is 17.2 Å². The van der Waals surface area contributed by atoms with Crippen LogP contribution in [-0.4, -0.2) is 33.4 Å². The average Bonchev–Trinajstić information content (AvgIpc) is 3.39. The lowest BCUT2D eigenvalue weighted by atomic mass is 9.95. The van der Waals surface area contributed by atoms with Crippen LogP contribution in [0.4, 0.5) is 5.69 Å². The molecular weight excluding hydrogens is 378 g/mol. The monoisotopic (exact) mass is 397 g/mol. The van der Waals surface area contributed by atoms with Gasteiger partial charge in [0.15, 0.2) is 17.3 Å². The Hall–Kier alpha value is -2.80. The van der Waals surface area contributed by atoms with Gasteiger partial charge in [0.2, 0.25) is 0 Å². The average molecular weight is 398 g/mol. The lowest BCUT2D eigenvalue weighted by Crippen LogP contribution is -2.35. The maximum absolute atomic E-state index is 6.04. The second-order valence-corrected chi connectivity index (χ2v) is 7.60. The first-order valence-corrected chi connectivity index (χ1v) is 9.84. The number of rotatable bonds is 4. The third-order valence-electron chi connectivity index (χ3n) is 5.35. The van der Waals surface area contributed by atoms with Crippen LogP contribution in [0.2, 0.25) is 5.02 Å². The minimum Gasteiger partial charge on any atom is -0.486 e. The number of nitrogens with one attached hydrogen (secondary N) is 1. The third kappa shape index (κ3) is 3.05. The highest BCUT2D eigenvalue weighted by Gasteiger charge is 2.41. The molecule has 1 N–H and O–H groups in total. The Bertz CT molecular complexity index is 983. The van der Waals surface area contributed by atoms with Crippen LogP contribution in [0.3, 0.4) is 0 Å². The molecule has 1 aromatic heterocycles. The molecule has 0 radical (unpaired) electrons. The van der Waals surface area contributed by atoms with Crippen molar-refractivity contribution in [2.45, 2.75) is 31.2 Å². The largest absolute Gasteiger partial charge is 0.486 e. The van der Waals surface area contributed by atoms with Crippen LogP contribution in [0.5, 0.6) is 11.5 Å². The van der Waals surface area contributed by atoms with Crippen molar-refractivity contribution in [2.24, 2.45) is 0 Å². The number of ether oxygens (including phenoxy) is 2. The van der Waals surface area contributed by atoms with Gasteiger partial charge in [-0.05, 0) is 59.7 Å². The summed E-state index contributed by atoms with van der Waals surface area (Å²) >= 11 is 6.04. The molecule has 2 aromatic carbocycles. The fraction of sp³-hybridized carbons (Fsp3) is 0.350. The predicted molar refractivity (Wildman–Crippen MR) is 105 cm³/mol. The lowest BCUT2D eigenvalue weighted by Gasteiger charge is -2.31. The number of tetrazole rings is 1. The van der Waals surface area contributed by atoms with Crippen molar-refractivity contribution in [2.75, 3.05) is 18.5 Å². The Labute approximate surface area is 167 Å². The van der Waals surface area contributed by atoms with E-state index in [2.05, 4.69) is 20.8 Å². The van der Waals surface area contributed by atoms with E-state index in [1.54, 1.807) is 4.68 Å². The first-order valence-electron chi connectivity index (χ1n) is 9.46. The summed E-state index contributed by atoms with van der Waals surface area (Å²) in [7, 11) is 0. The first kappa shape index (κ1) is 17.3. The Morgan fingerprint density at radius 2 is 1.71 bits per heavy atom. The fourth-order valence-corrected chi connectivity index (χ4v) is 4.15. The Balaban J connectivity index is 1.51. The van der Waals surface area contributed by atoms with Gasteiger partial charge in [0, 0.05) is 16.8 Å². The number of hydrogen-bond acceptors (Lipinski definition) is 6. The summed E-state index contributed by atoms with van der Waals surface area (Å²) in [5, 5.41) is 17.0. The number of halogens is 1. The number of aromatic nitrogens is 4. The highest BCUT2D eigenvalue weighted by atomic mass is 35.5. The zero-order valence-electron chi connectivity index (χ0n) is 15.3. The summed E-state index contributed by atoms with van der Waals surface area (Å²) in [6.45, 7) is 1.15. The van der Waals surface area contributed by atoms with Gasteiger partial charge in [-0.1, -0.05) is 24.4 Å². The second-order valence-electron chi connectivity index (χ2n) is 7.16. The van der Waals surface area contributed by atoms with Crippen LogP contribution < -0.4 is 14.8 Å². The van der Waals surface area contributed by atoms with Crippen molar-refractivity contribution in [3.05, 3.63) is 53.3 Å². The van der Waals surface area contributed by atoms with Gasteiger partial charge in [-0.25, -0.2) is 0 Å². The maximum Gasteiger partial charge on any atom is 0.181 e. The van der Waals surface area contributed by atoms with E-state index in [-0.39, 0.29) is 5.54 Å². The molecule has 1 fully saturated rings. The molecule has 3 aromatic rings. The zero-order valence-corrected chi connectivity index (χ0v) is 16.0. The fourth-order valence-electron chi connectivity index (χ4n) is 4.02. The predicted octanol–water partition coefficient (Wildman–Crippen LogP) is 3.97. The molecule has 0 saturated heterocycles. The van der Waals surface area contributed by atoms with Gasteiger partial charge in [-0.2, -0.15) is 4.68 Å². The smallest absolute Gasteiger partial charge is 0.181 e. The van der Waals surface area contributed by atoms with Gasteiger partial charge >= 0.3 is 0 Å². The second kappa shape index (κ2) is 6.98. The molecule has 0 amide bonds. The van der Waals surface area contributed by atoms with E-state index in [0.29, 0.717) is 18.2 Å². The Morgan fingerprint density at radius 1 is 0.964 bits per heavy atom. The number of anilines is 1. The highest BCUT2D eigenvalue weighted by molar-refractivity contribution is 6.30. The molecule has 0 bridgehead atoms. The zero-order chi connectivity index (χ0) is 19.0. The van der Waals surface area contributed by atoms with E-state index in [1.165, 1.54) is 0 Å². The van der Waals surface area contributed by atoms with Gasteiger partial charge < -0.3 is 14.8 Å². The molecule has 2 heterocycles. The number of fused-ring (bicyclic) bond motifs is 1. The summed E-state index contributed by atoms with van der Waals surface area (Å²) in [4.78, 5) is 0. The van der Waals surface area contributed by atoms with E-state index < -0.39 is 0 Å². The summed E-state index contributed by atoms with van der Waals surface area (Å²) < 4.78 is 13.2. The molecule has 28 heavy (non-hydrogen) atoms. The standard InChI is InChI=1S/C20H20ClN5O2/c21-14-3-6-16(7-4-14)26-19(23-24-25-26)20(9-1-2-10-20)22-15-5-8-17-18(13-15)28-12-11-27-17/h3-8,13,22H,1-2,9-12H2. The molecule has 1 aliphatic heterocycles. The quantitative estimate of drug-likeness (QED) is 0.718. The maximum atomic E-state index is 6.04. The molecule has 8 heteroatoms. The van der Waals surface area contributed by atoms with Crippen LogP contribution in [0.25, 0.3) is 5.69 Å². The van der Waals surface area contributed by atoms with Crippen LogP contribution in [-0.2, 0) is 5.54 Å². The Kier molecular flexibility index (Phi) is 4.31. The summed E-state index contributed by atoms with van der Waals surface area (Å²) in [5.74, 6) is 2.35. The normalized spacial score (nSPS) is 17.5. The topological polar surface area (TPSA) is 74.1 Å². The number of nitrogens with zero attached hydrogens (tertiary/aromatic N) is 4. The van der Waals surface area contributed by atoms with Crippen LogP contribution >= 0.6 is 11.6 Å². The molecule has 144 valence electrons. The van der Waals surface area contributed by atoms with E-state index in [1.807, 2.05) is 42.5 Å². The minimum atomic E-state index is -0.340. The summed E-state index contributed by atoms with van der Waals surface area (Å²) in [5.41, 5.74) is 1.52. The highest BCUT2D eigenvalue weighted by Crippen LogP contribution is 2.42. The molecular formula is C20H20ClN5O2. The van der Waals surface area contributed by atoms with E-state index in [9.17, 15) is 0 Å². The van der Waals surface area contributed by atoms with Crippen molar-refractivity contribution < 1.29 is 9.47 Å². The van der Waals surface area contributed by atoms with Crippen LogP contribution in [0.15, 0.2) is 42.5 Å². The van der Waals surface area contributed by atoms with Gasteiger partial charge in [0.05, 0.1) is 11.2 Å². The van der Waals surface area contributed by atoms with Gasteiger partial charge in [-0.3, -0.25) is 0 Å². The minimum absolute atomic E-state index is 0.340.